The SMILES string of the molecule is CN1CCN(c2cc(N3CCC[C@@H](C(=O)NCCc4ccc(C#N)nc4)C3)nc(C(F)(F)F)n2)CC1. The Kier molecular flexibility index (Phi) is 7.88. The molecule has 0 unspecified atom stereocenters. The topological polar surface area (TPSA) is 101 Å². The van der Waals surface area contributed by atoms with Crippen molar-refractivity contribution in [3.8, 4) is 6.07 Å². The summed E-state index contributed by atoms with van der Waals surface area (Å²) in [5.74, 6) is -1.17. The van der Waals surface area contributed by atoms with Crippen molar-refractivity contribution in [3.05, 3.63) is 41.5 Å². The van der Waals surface area contributed by atoms with Crippen LogP contribution in [0.25, 0.3) is 0 Å². The molecule has 2 saturated heterocycles. The first-order valence-corrected chi connectivity index (χ1v) is 12.0. The zero-order valence-corrected chi connectivity index (χ0v) is 20.1. The Balaban J connectivity index is 1.42. The molecule has 0 aliphatic carbocycles. The van der Waals surface area contributed by atoms with Crippen LogP contribution >= 0.6 is 0 Å². The number of alkyl halides is 3. The number of carbonyl (C=O) groups excluding carboxylic acids is 1. The van der Waals surface area contributed by atoms with Gasteiger partial charge in [-0.05, 0) is 37.9 Å². The summed E-state index contributed by atoms with van der Waals surface area (Å²) in [4.78, 5) is 30.2. The third-order valence-electron chi connectivity index (χ3n) is 6.55. The van der Waals surface area contributed by atoms with Gasteiger partial charge in [-0.25, -0.2) is 15.0 Å². The van der Waals surface area contributed by atoms with Crippen LogP contribution in [0.5, 0.6) is 0 Å². The molecule has 4 heterocycles. The van der Waals surface area contributed by atoms with Crippen molar-refractivity contribution in [2.24, 2.45) is 5.92 Å². The standard InChI is InChI=1S/C24H29F3N8O/c1-33-9-11-34(12-10-33)20-13-21(32-23(31-20)24(25,26)27)35-8-2-3-18(16-35)22(36)29-7-6-17-4-5-19(14-28)30-15-17/h4-5,13,15,18H,2-3,6-12,16H2,1H3,(H,29,36)/t18-/m1/s1. The van der Waals surface area contributed by atoms with E-state index in [1.54, 1.807) is 29.3 Å². The average molecular weight is 503 g/mol. The van der Waals surface area contributed by atoms with Gasteiger partial charge in [-0.2, -0.15) is 18.4 Å². The predicted molar refractivity (Wildman–Crippen MR) is 127 cm³/mol. The Labute approximate surface area is 207 Å². The Hall–Kier alpha value is -3.46. The molecule has 2 aromatic heterocycles. The maximum absolute atomic E-state index is 13.6. The van der Waals surface area contributed by atoms with Crippen molar-refractivity contribution in [2.75, 3.05) is 62.7 Å². The first-order chi connectivity index (χ1) is 17.2. The minimum Gasteiger partial charge on any atom is -0.356 e. The number of nitrogens with zero attached hydrogens (tertiary/aromatic N) is 7. The van der Waals surface area contributed by atoms with Crippen LogP contribution in [0.15, 0.2) is 24.4 Å². The summed E-state index contributed by atoms with van der Waals surface area (Å²) in [6.45, 7) is 3.88. The quantitative estimate of drug-likeness (QED) is 0.641. The fourth-order valence-electron chi connectivity index (χ4n) is 4.42. The molecule has 2 fully saturated rings. The number of nitriles is 1. The van der Waals surface area contributed by atoms with Gasteiger partial charge in [-0.1, -0.05) is 6.07 Å². The van der Waals surface area contributed by atoms with Gasteiger partial charge in [-0.15, -0.1) is 0 Å². The monoisotopic (exact) mass is 502 g/mol. The number of piperazine rings is 1. The number of pyridine rings is 1. The summed E-state index contributed by atoms with van der Waals surface area (Å²) in [6, 6.07) is 7.00. The Morgan fingerprint density at radius 2 is 1.86 bits per heavy atom. The molecular weight excluding hydrogens is 473 g/mol. The van der Waals surface area contributed by atoms with E-state index in [0.29, 0.717) is 57.7 Å². The number of rotatable bonds is 6. The number of likely N-dealkylation sites (N-methyl/N-ethyl adjacent to an activating group) is 1. The Morgan fingerprint density at radius 3 is 2.50 bits per heavy atom. The molecule has 1 amide bonds. The molecule has 36 heavy (non-hydrogen) atoms. The van der Waals surface area contributed by atoms with Crippen molar-refractivity contribution in [1.82, 2.24) is 25.2 Å². The second-order valence-corrected chi connectivity index (χ2v) is 9.19. The molecule has 0 aromatic carbocycles. The Bertz CT molecular complexity index is 1090. The summed E-state index contributed by atoms with van der Waals surface area (Å²) in [6.07, 6.45) is -1.16. The van der Waals surface area contributed by atoms with E-state index in [9.17, 15) is 18.0 Å². The number of hydrogen-bond acceptors (Lipinski definition) is 8. The zero-order chi connectivity index (χ0) is 25.7. The van der Waals surface area contributed by atoms with Crippen molar-refractivity contribution < 1.29 is 18.0 Å². The third-order valence-corrected chi connectivity index (χ3v) is 6.55. The van der Waals surface area contributed by atoms with Gasteiger partial charge in [0.25, 0.3) is 0 Å². The number of anilines is 2. The van der Waals surface area contributed by atoms with Crippen molar-refractivity contribution in [3.63, 3.8) is 0 Å². The highest BCUT2D eigenvalue weighted by Gasteiger charge is 2.37. The van der Waals surface area contributed by atoms with Crippen LogP contribution in [0, 0.1) is 17.2 Å². The number of hydrogen-bond donors (Lipinski definition) is 1. The molecule has 2 aliphatic rings. The zero-order valence-electron chi connectivity index (χ0n) is 20.1. The number of aromatic nitrogens is 3. The lowest BCUT2D eigenvalue weighted by Gasteiger charge is -2.35. The van der Waals surface area contributed by atoms with Gasteiger partial charge in [0.1, 0.15) is 23.4 Å². The summed E-state index contributed by atoms with van der Waals surface area (Å²) in [5, 5.41) is 11.8. The molecule has 1 N–H and O–H groups in total. The van der Waals surface area contributed by atoms with E-state index in [4.69, 9.17) is 5.26 Å². The molecule has 12 heteroatoms. The van der Waals surface area contributed by atoms with Crippen molar-refractivity contribution in [2.45, 2.75) is 25.4 Å². The lowest BCUT2D eigenvalue weighted by atomic mass is 9.97. The van der Waals surface area contributed by atoms with Gasteiger partial charge < -0.3 is 20.0 Å². The van der Waals surface area contributed by atoms with E-state index in [1.807, 2.05) is 18.0 Å². The van der Waals surface area contributed by atoms with Gasteiger partial charge in [0.15, 0.2) is 0 Å². The average Bonchev–Trinajstić information content (AvgIpc) is 2.89. The van der Waals surface area contributed by atoms with E-state index in [2.05, 4.69) is 25.2 Å². The van der Waals surface area contributed by atoms with E-state index in [1.165, 1.54) is 0 Å². The van der Waals surface area contributed by atoms with E-state index in [0.717, 1.165) is 18.7 Å². The number of nitrogens with one attached hydrogen (secondary N) is 1. The third kappa shape index (κ3) is 6.40. The molecule has 2 aromatic rings. The molecular formula is C24H29F3N8O. The van der Waals surface area contributed by atoms with Crippen LogP contribution in [0.2, 0.25) is 0 Å². The van der Waals surface area contributed by atoms with Gasteiger partial charge >= 0.3 is 6.18 Å². The highest BCUT2D eigenvalue weighted by atomic mass is 19.4. The van der Waals surface area contributed by atoms with Crippen LogP contribution in [0.1, 0.15) is 29.9 Å². The highest BCUT2D eigenvalue weighted by Crippen LogP contribution is 2.32. The number of halogens is 3. The fraction of sp³-hybridized carbons (Fsp3) is 0.542. The molecule has 0 bridgehead atoms. The van der Waals surface area contributed by atoms with Gasteiger partial charge in [0.2, 0.25) is 11.7 Å². The summed E-state index contributed by atoms with van der Waals surface area (Å²) in [5.41, 5.74) is 1.23. The largest absolute Gasteiger partial charge is 0.451 e. The molecule has 2 aliphatic heterocycles. The number of carbonyl (C=O) groups is 1. The van der Waals surface area contributed by atoms with Gasteiger partial charge in [0, 0.05) is 58.1 Å². The lowest BCUT2D eigenvalue weighted by Crippen LogP contribution is -2.45. The molecule has 4 rings (SSSR count). The smallest absolute Gasteiger partial charge is 0.356 e. The number of piperidine rings is 1. The van der Waals surface area contributed by atoms with E-state index in [-0.39, 0.29) is 23.5 Å². The van der Waals surface area contributed by atoms with Crippen molar-refractivity contribution >= 4 is 17.5 Å². The highest BCUT2D eigenvalue weighted by molar-refractivity contribution is 5.79. The first-order valence-electron chi connectivity index (χ1n) is 12.0. The van der Waals surface area contributed by atoms with Gasteiger partial charge in [0.05, 0.1) is 5.92 Å². The summed E-state index contributed by atoms with van der Waals surface area (Å²) >= 11 is 0. The predicted octanol–water partition coefficient (Wildman–Crippen LogP) is 2.09. The van der Waals surface area contributed by atoms with E-state index >= 15 is 0 Å². The van der Waals surface area contributed by atoms with Crippen LogP contribution in [-0.4, -0.2) is 78.6 Å². The Morgan fingerprint density at radius 1 is 1.14 bits per heavy atom. The van der Waals surface area contributed by atoms with Crippen LogP contribution in [0.3, 0.4) is 0 Å². The molecule has 0 saturated carbocycles. The van der Waals surface area contributed by atoms with Crippen LogP contribution in [0.4, 0.5) is 24.8 Å². The molecule has 0 spiro atoms. The molecule has 192 valence electrons. The second kappa shape index (κ2) is 11.1. The second-order valence-electron chi connectivity index (χ2n) is 9.19. The maximum atomic E-state index is 13.6. The fourth-order valence-corrected chi connectivity index (χ4v) is 4.42. The molecule has 9 nitrogen and oxygen atoms in total. The normalized spacial score (nSPS) is 19.1. The maximum Gasteiger partial charge on any atom is 0.451 e. The summed E-state index contributed by atoms with van der Waals surface area (Å²) < 4.78 is 40.8. The van der Waals surface area contributed by atoms with E-state index < -0.39 is 12.0 Å². The first kappa shape index (κ1) is 25.6. The minimum atomic E-state index is -4.66. The number of amides is 1. The molecule has 0 radical (unpaired) electrons. The lowest BCUT2D eigenvalue weighted by molar-refractivity contribution is -0.144. The van der Waals surface area contributed by atoms with Crippen LogP contribution < -0.4 is 15.1 Å². The van der Waals surface area contributed by atoms with Crippen LogP contribution in [-0.2, 0) is 17.4 Å². The molecule has 1 atom stereocenters. The summed E-state index contributed by atoms with van der Waals surface area (Å²) in [7, 11) is 1.98. The minimum absolute atomic E-state index is 0.134. The van der Waals surface area contributed by atoms with Crippen molar-refractivity contribution in [1.29, 1.82) is 5.26 Å². The van der Waals surface area contributed by atoms with Gasteiger partial charge in [-0.3, -0.25) is 4.79 Å².